The second-order valence-corrected chi connectivity index (χ2v) is 4.34. The maximum Gasteiger partial charge on any atom is 0.573 e. The van der Waals surface area contributed by atoms with Crippen molar-refractivity contribution < 1.29 is 17.9 Å². The molecule has 0 saturated carbocycles. The van der Waals surface area contributed by atoms with E-state index in [1.54, 1.807) is 12.1 Å². The summed E-state index contributed by atoms with van der Waals surface area (Å²) in [5, 5.41) is 0.260. The number of pyridine rings is 1. The summed E-state index contributed by atoms with van der Waals surface area (Å²) in [6, 6.07) is 8.13. The van der Waals surface area contributed by atoms with Gasteiger partial charge >= 0.3 is 6.36 Å². The topological polar surface area (TPSA) is 48.1 Å². The zero-order chi connectivity index (χ0) is 14.8. The minimum atomic E-state index is -4.71. The molecule has 0 saturated heterocycles. The van der Waals surface area contributed by atoms with E-state index >= 15 is 0 Å². The van der Waals surface area contributed by atoms with Crippen molar-refractivity contribution in [3.63, 3.8) is 0 Å². The van der Waals surface area contributed by atoms with Crippen molar-refractivity contribution in [1.29, 1.82) is 0 Å². The third kappa shape index (κ3) is 3.61. The highest BCUT2D eigenvalue weighted by Gasteiger charge is 2.31. The summed E-state index contributed by atoms with van der Waals surface area (Å²) in [6.07, 6.45) is -3.19. The highest BCUT2D eigenvalue weighted by atomic mass is 35.5. The lowest BCUT2D eigenvalue weighted by atomic mass is 10.0. The fraction of sp³-hybridized carbons (Fsp3) is 0.154. The number of aromatic nitrogens is 1. The van der Waals surface area contributed by atoms with Gasteiger partial charge in [0.15, 0.2) is 0 Å². The van der Waals surface area contributed by atoms with Crippen LogP contribution in [0.1, 0.15) is 17.2 Å². The van der Waals surface area contributed by atoms with Crippen molar-refractivity contribution in [3.8, 4) is 5.75 Å². The lowest BCUT2D eigenvalue weighted by Crippen LogP contribution is -2.17. The Morgan fingerprint density at radius 3 is 2.35 bits per heavy atom. The van der Waals surface area contributed by atoms with Crippen LogP contribution < -0.4 is 10.5 Å². The van der Waals surface area contributed by atoms with E-state index in [2.05, 4.69) is 9.72 Å². The van der Waals surface area contributed by atoms with Gasteiger partial charge in [0.05, 0.1) is 6.04 Å². The van der Waals surface area contributed by atoms with Crippen molar-refractivity contribution >= 4 is 11.6 Å². The van der Waals surface area contributed by atoms with Crippen LogP contribution >= 0.6 is 11.6 Å². The lowest BCUT2D eigenvalue weighted by Gasteiger charge is -2.14. The lowest BCUT2D eigenvalue weighted by molar-refractivity contribution is -0.274. The Kier molecular flexibility index (Phi) is 4.15. The predicted molar refractivity (Wildman–Crippen MR) is 68.4 cm³/mol. The van der Waals surface area contributed by atoms with Crippen LogP contribution in [0.2, 0.25) is 5.15 Å². The van der Waals surface area contributed by atoms with Gasteiger partial charge in [-0.05, 0) is 23.8 Å². The van der Waals surface area contributed by atoms with E-state index in [9.17, 15) is 13.2 Å². The maximum absolute atomic E-state index is 12.0. The van der Waals surface area contributed by atoms with E-state index in [0.29, 0.717) is 11.1 Å². The quantitative estimate of drug-likeness (QED) is 0.880. The van der Waals surface area contributed by atoms with E-state index in [1.807, 2.05) is 0 Å². The number of halogens is 4. The Labute approximate surface area is 118 Å². The molecule has 1 atom stereocenters. The normalized spacial score (nSPS) is 13.1. The number of alkyl halides is 3. The SMILES string of the molecule is N[C@@H](c1ccc(OC(F)(F)F)cc1)c1cccnc1Cl. The van der Waals surface area contributed by atoms with Gasteiger partial charge in [0.25, 0.3) is 0 Å². The Morgan fingerprint density at radius 2 is 1.80 bits per heavy atom. The van der Waals surface area contributed by atoms with Gasteiger partial charge in [0.2, 0.25) is 0 Å². The number of nitrogens with zero attached hydrogens (tertiary/aromatic N) is 1. The molecule has 20 heavy (non-hydrogen) atoms. The van der Waals surface area contributed by atoms with E-state index < -0.39 is 12.4 Å². The van der Waals surface area contributed by atoms with Crippen LogP contribution in [0, 0.1) is 0 Å². The molecule has 1 aromatic carbocycles. The summed E-state index contributed by atoms with van der Waals surface area (Å²) >= 11 is 5.92. The maximum atomic E-state index is 12.0. The summed E-state index contributed by atoms with van der Waals surface area (Å²) in [4.78, 5) is 3.90. The number of rotatable bonds is 3. The third-order valence-corrected chi connectivity index (χ3v) is 2.91. The van der Waals surface area contributed by atoms with Crippen LogP contribution in [0.5, 0.6) is 5.75 Å². The molecule has 2 rings (SSSR count). The molecule has 1 heterocycles. The molecule has 0 aliphatic carbocycles. The van der Waals surface area contributed by atoms with E-state index in [4.69, 9.17) is 17.3 Å². The summed E-state index contributed by atoms with van der Waals surface area (Å²) in [7, 11) is 0. The summed E-state index contributed by atoms with van der Waals surface area (Å²) in [6.45, 7) is 0. The Balaban J connectivity index is 2.20. The molecule has 7 heteroatoms. The predicted octanol–water partition coefficient (Wildman–Crippen LogP) is 3.68. The van der Waals surface area contributed by atoms with Crippen LogP contribution in [0.3, 0.4) is 0 Å². The second kappa shape index (κ2) is 5.68. The van der Waals surface area contributed by atoms with Gasteiger partial charge in [-0.3, -0.25) is 0 Å². The molecular formula is C13H10ClF3N2O. The number of hydrogen-bond acceptors (Lipinski definition) is 3. The molecular weight excluding hydrogens is 293 g/mol. The first-order valence-corrected chi connectivity index (χ1v) is 5.96. The van der Waals surface area contributed by atoms with Gasteiger partial charge in [-0.1, -0.05) is 29.8 Å². The van der Waals surface area contributed by atoms with Crippen molar-refractivity contribution in [2.75, 3.05) is 0 Å². The third-order valence-electron chi connectivity index (χ3n) is 2.60. The molecule has 1 aromatic heterocycles. The largest absolute Gasteiger partial charge is 0.573 e. The number of ether oxygens (including phenoxy) is 1. The highest BCUT2D eigenvalue weighted by Crippen LogP contribution is 2.28. The highest BCUT2D eigenvalue weighted by molar-refractivity contribution is 6.30. The fourth-order valence-corrected chi connectivity index (χ4v) is 1.92. The number of benzene rings is 1. The first-order chi connectivity index (χ1) is 9.37. The fourth-order valence-electron chi connectivity index (χ4n) is 1.69. The number of hydrogen-bond donors (Lipinski definition) is 1. The molecule has 0 unspecified atom stereocenters. The van der Waals surface area contributed by atoms with Gasteiger partial charge in [-0.15, -0.1) is 13.2 Å². The van der Waals surface area contributed by atoms with Crippen LogP contribution in [0.25, 0.3) is 0 Å². The van der Waals surface area contributed by atoms with Crippen LogP contribution in [-0.4, -0.2) is 11.3 Å². The van der Waals surface area contributed by atoms with Crippen molar-refractivity contribution in [2.45, 2.75) is 12.4 Å². The number of nitrogens with two attached hydrogens (primary N) is 1. The molecule has 2 aromatic rings. The average molecular weight is 303 g/mol. The minimum Gasteiger partial charge on any atom is -0.406 e. The molecule has 0 aliphatic heterocycles. The van der Waals surface area contributed by atoms with Gasteiger partial charge in [0.1, 0.15) is 10.9 Å². The average Bonchev–Trinajstić information content (AvgIpc) is 2.37. The van der Waals surface area contributed by atoms with Crippen molar-refractivity contribution in [3.05, 3.63) is 58.9 Å². The van der Waals surface area contributed by atoms with Gasteiger partial charge in [-0.25, -0.2) is 4.98 Å². The monoisotopic (exact) mass is 302 g/mol. The molecule has 0 amide bonds. The molecule has 0 radical (unpaired) electrons. The minimum absolute atomic E-state index is 0.260. The van der Waals surface area contributed by atoms with Crippen molar-refractivity contribution in [2.24, 2.45) is 5.73 Å². The van der Waals surface area contributed by atoms with Gasteiger partial charge in [0, 0.05) is 11.8 Å². The summed E-state index contributed by atoms with van der Waals surface area (Å²) in [5.41, 5.74) is 7.21. The van der Waals surface area contributed by atoms with E-state index in [1.165, 1.54) is 30.5 Å². The molecule has 0 aliphatic rings. The molecule has 0 fully saturated rings. The molecule has 106 valence electrons. The first-order valence-electron chi connectivity index (χ1n) is 5.58. The van der Waals surface area contributed by atoms with E-state index in [0.717, 1.165) is 0 Å². The summed E-state index contributed by atoms with van der Waals surface area (Å²) < 4.78 is 39.9. The van der Waals surface area contributed by atoms with Gasteiger partial charge in [-0.2, -0.15) is 0 Å². The second-order valence-electron chi connectivity index (χ2n) is 3.98. The Bertz CT molecular complexity index is 587. The molecule has 0 bridgehead atoms. The van der Waals surface area contributed by atoms with E-state index in [-0.39, 0.29) is 10.9 Å². The standard InChI is InChI=1S/C13H10ClF3N2O/c14-12-10(2-1-7-19-12)11(18)8-3-5-9(6-4-8)20-13(15,16)17/h1-7,11H,18H2/t11-/m0/s1. The first kappa shape index (κ1) is 14.6. The van der Waals surface area contributed by atoms with Crippen molar-refractivity contribution in [1.82, 2.24) is 4.98 Å². The smallest absolute Gasteiger partial charge is 0.406 e. The molecule has 3 nitrogen and oxygen atoms in total. The van der Waals surface area contributed by atoms with Crippen LogP contribution in [0.15, 0.2) is 42.6 Å². The van der Waals surface area contributed by atoms with Crippen LogP contribution in [0.4, 0.5) is 13.2 Å². The Morgan fingerprint density at radius 1 is 1.15 bits per heavy atom. The molecule has 2 N–H and O–H groups in total. The van der Waals surface area contributed by atoms with Crippen LogP contribution in [-0.2, 0) is 0 Å². The van der Waals surface area contributed by atoms with Gasteiger partial charge < -0.3 is 10.5 Å². The zero-order valence-corrected chi connectivity index (χ0v) is 10.8. The summed E-state index contributed by atoms with van der Waals surface area (Å²) in [5.74, 6) is -0.300. The molecule has 0 spiro atoms. The Hall–Kier alpha value is -1.79. The zero-order valence-electron chi connectivity index (χ0n) is 10.1.